The number of para-hydroxylation sites is 1. The van der Waals surface area contributed by atoms with Crippen LogP contribution in [0.1, 0.15) is 37.4 Å². The quantitative estimate of drug-likeness (QED) is 0.719. The lowest BCUT2D eigenvalue weighted by atomic mass is 10.1. The van der Waals surface area contributed by atoms with Gasteiger partial charge in [-0.25, -0.2) is 0 Å². The summed E-state index contributed by atoms with van der Waals surface area (Å²) in [5.41, 5.74) is 3.39. The highest BCUT2D eigenvalue weighted by molar-refractivity contribution is 6.06. The van der Waals surface area contributed by atoms with E-state index in [1.807, 2.05) is 37.3 Å². The summed E-state index contributed by atoms with van der Waals surface area (Å²) < 4.78 is 0. The Kier molecular flexibility index (Phi) is 5.78. The summed E-state index contributed by atoms with van der Waals surface area (Å²) >= 11 is 0. The molecule has 3 rings (SSSR count). The number of aryl methyl sites for hydroxylation is 1. The van der Waals surface area contributed by atoms with Gasteiger partial charge in [0, 0.05) is 18.9 Å². The molecule has 3 aromatic rings. The highest BCUT2D eigenvalue weighted by Gasteiger charge is 2.13. The van der Waals surface area contributed by atoms with Gasteiger partial charge in [0.1, 0.15) is 6.07 Å². The van der Waals surface area contributed by atoms with Gasteiger partial charge in [0.25, 0.3) is 11.8 Å². The minimum Gasteiger partial charge on any atom is -0.348 e. The molecule has 0 aliphatic rings. The number of amides is 2. The maximum atomic E-state index is 12.5. The molecule has 1 aromatic heterocycles. The number of hydrogen-bond acceptors (Lipinski definition) is 4. The number of pyridine rings is 1. The van der Waals surface area contributed by atoms with Crippen LogP contribution in [-0.2, 0) is 6.54 Å². The largest absolute Gasteiger partial charge is 0.348 e. The van der Waals surface area contributed by atoms with Crippen molar-refractivity contribution in [3.8, 4) is 6.07 Å². The first-order chi connectivity index (χ1) is 13.6. The van der Waals surface area contributed by atoms with Crippen LogP contribution in [0.4, 0.5) is 5.69 Å². The molecule has 0 aliphatic carbocycles. The van der Waals surface area contributed by atoms with Crippen molar-refractivity contribution in [2.24, 2.45) is 0 Å². The zero-order valence-electron chi connectivity index (χ0n) is 15.3. The van der Waals surface area contributed by atoms with E-state index in [-0.39, 0.29) is 17.0 Å². The van der Waals surface area contributed by atoms with Gasteiger partial charge in [-0.3, -0.25) is 14.6 Å². The second-order valence-corrected chi connectivity index (χ2v) is 6.18. The lowest BCUT2D eigenvalue weighted by molar-refractivity contribution is 0.0950. The first-order valence-electron chi connectivity index (χ1n) is 8.66. The second-order valence-electron chi connectivity index (χ2n) is 6.18. The highest BCUT2D eigenvalue weighted by Crippen LogP contribution is 2.15. The Morgan fingerprint density at radius 2 is 1.68 bits per heavy atom. The van der Waals surface area contributed by atoms with Crippen LogP contribution >= 0.6 is 0 Å². The van der Waals surface area contributed by atoms with E-state index in [0.717, 1.165) is 11.1 Å². The molecule has 0 spiro atoms. The average Bonchev–Trinajstić information content (AvgIpc) is 2.73. The number of carbonyl (C=O) groups is 2. The van der Waals surface area contributed by atoms with Crippen molar-refractivity contribution in [3.63, 3.8) is 0 Å². The van der Waals surface area contributed by atoms with Crippen LogP contribution < -0.4 is 10.6 Å². The summed E-state index contributed by atoms with van der Waals surface area (Å²) in [6.07, 6.45) is 2.79. The molecule has 0 atom stereocenters. The van der Waals surface area contributed by atoms with Gasteiger partial charge in [-0.2, -0.15) is 5.26 Å². The minimum absolute atomic E-state index is 0.233. The van der Waals surface area contributed by atoms with Gasteiger partial charge >= 0.3 is 0 Å². The molecular formula is C22H18N4O2. The number of rotatable bonds is 5. The van der Waals surface area contributed by atoms with Crippen molar-refractivity contribution in [2.45, 2.75) is 13.5 Å². The lowest BCUT2D eigenvalue weighted by Crippen LogP contribution is -2.24. The van der Waals surface area contributed by atoms with Crippen molar-refractivity contribution in [3.05, 3.63) is 94.8 Å². The van der Waals surface area contributed by atoms with Gasteiger partial charge in [0.2, 0.25) is 0 Å². The predicted molar refractivity (Wildman–Crippen MR) is 106 cm³/mol. The fourth-order valence-electron chi connectivity index (χ4n) is 2.66. The molecule has 138 valence electrons. The fourth-order valence-corrected chi connectivity index (χ4v) is 2.66. The summed E-state index contributed by atoms with van der Waals surface area (Å²) in [4.78, 5) is 28.9. The topological polar surface area (TPSA) is 94.9 Å². The molecule has 0 unspecified atom stereocenters. The lowest BCUT2D eigenvalue weighted by Gasteiger charge is -2.09. The third kappa shape index (κ3) is 4.40. The Morgan fingerprint density at radius 1 is 1.00 bits per heavy atom. The molecule has 0 fully saturated rings. The van der Waals surface area contributed by atoms with Crippen LogP contribution in [0.3, 0.4) is 0 Å². The Hall–Kier alpha value is -3.98. The van der Waals surface area contributed by atoms with Crippen molar-refractivity contribution in [1.82, 2.24) is 10.3 Å². The van der Waals surface area contributed by atoms with Gasteiger partial charge in [-0.1, -0.05) is 36.4 Å². The van der Waals surface area contributed by atoms with E-state index in [9.17, 15) is 9.59 Å². The van der Waals surface area contributed by atoms with E-state index in [1.54, 1.807) is 24.3 Å². The molecule has 2 amide bonds. The number of nitriles is 1. The van der Waals surface area contributed by atoms with Crippen LogP contribution in [0.15, 0.2) is 67.0 Å². The molecule has 6 nitrogen and oxygen atoms in total. The molecule has 0 aliphatic heterocycles. The zero-order chi connectivity index (χ0) is 19.9. The van der Waals surface area contributed by atoms with E-state index in [0.29, 0.717) is 17.8 Å². The Morgan fingerprint density at radius 3 is 2.43 bits per heavy atom. The van der Waals surface area contributed by atoms with Crippen LogP contribution in [0, 0.1) is 18.3 Å². The van der Waals surface area contributed by atoms with E-state index >= 15 is 0 Å². The normalized spacial score (nSPS) is 10.0. The fraction of sp³-hybridized carbons (Fsp3) is 0.0909. The molecule has 28 heavy (non-hydrogen) atoms. The van der Waals surface area contributed by atoms with Gasteiger partial charge in [-0.05, 0) is 36.2 Å². The number of nitrogens with zero attached hydrogens (tertiary/aromatic N) is 2. The highest BCUT2D eigenvalue weighted by atomic mass is 16.2. The van der Waals surface area contributed by atoms with E-state index in [4.69, 9.17) is 5.26 Å². The van der Waals surface area contributed by atoms with E-state index < -0.39 is 5.91 Å². The molecule has 1 heterocycles. The molecule has 0 saturated carbocycles. The summed E-state index contributed by atoms with van der Waals surface area (Å²) in [6, 6.07) is 18.0. The minimum atomic E-state index is -0.441. The number of aromatic nitrogens is 1. The van der Waals surface area contributed by atoms with Gasteiger partial charge in [0.05, 0.1) is 22.4 Å². The monoisotopic (exact) mass is 370 g/mol. The summed E-state index contributed by atoms with van der Waals surface area (Å²) in [5.74, 6) is -0.758. The third-order valence-electron chi connectivity index (χ3n) is 4.26. The molecule has 2 N–H and O–H groups in total. The van der Waals surface area contributed by atoms with Gasteiger partial charge in [-0.15, -0.1) is 0 Å². The number of anilines is 1. The van der Waals surface area contributed by atoms with Crippen LogP contribution in [0.2, 0.25) is 0 Å². The van der Waals surface area contributed by atoms with E-state index in [2.05, 4.69) is 15.6 Å². The second kappa shape index (κ2) is 8.60. The Balaban J connectivity index is 1.71. The molecule has 0 saturated heterocycles. The first-order valence-corrected chi connectivity index (χ1v) is 8.66. The predicted octanol–water partition coefficient (Wildman–Crippen LogP) is 3.44. The molecule has 0 radical (unpaired) electrons. The van der Waals surface area contributed by atoms with Crippen molar-refractivity contribution in [1.29, 1.82) is 5.26 Å². The van der Waals surface area contributed by atoms with Crippen LogP contribution in [-0.4, -0.2) is 16.8 Å². The maximum absolute atomic E-state index is 12.5. The summed E-state index contributed by atoms with van der Waals surface area (Å²) in [6.45, 7) is 2.37. The standard InChI is InChI=1S/C22H18N4O2/c1-15-6-2-3-8-17(15)14-25-21(27)18-10-19(13-24-12-18)22(28)26-20-9-5-4-7-16(20)11-23/h2-10,12-13H,14H2,1H3,(H,25,27)(H,26,28). The Labute approximate surface area is 162 Å². The number of carbonyl (C=O) groups excluding carboxylic acids is 2. The van der Waals surface area contributed by atoms with Gasteiger partial charge < -0.3 is 10.6 Å². The summed E-state index contributed by atoms with van der Waals surface area (Å²) in [7, 11) is 0. The van der Waals surface area contributed by atoms with Crippen molar-refractivity contribution in [2.75, 3.05) is 5.32 Å². The smallest absolute Gasteiger partial charge is 0.257 e. The SMILES string of the molecule is Cc1ccccc1CNC(=O)c1cncc(C(=O)Nc2ccccc2C#N)c1. The number of nitrogens with one attached hydrogen (secondary N) is 2. The third-order valence-corrected chi connectivity index (χ3v) is 4.26. The Bertz CT molecular complexity index is 1070. The van der Waals surface area contributed by atoms with Gasteiger partial charge in [0.15, 0.2) is 0 Å². The van der Waals surface area contributed by atoms with Crippen LogP contribution in [0.5, 0.6) is 0 Å². The number of benzene rings is 2. The zero-order valence-corrected chi connectivity index (χ0v) is 15.3. The van der Waals surface area contributed by atoms with Crippen molar-refractivity contribution < 1.29 is 9.59 Å². The maximum Gasteiger partial charge on any atom is 0.257 e. The molecule has 0 bridgehead atoms. The average molecular weight is 370 g/mol. The van der Waals surface area contributed by atoms with E-state index in [1.165, 1.54) is 18.5 Å². The number of hydrogen-bond donors (Lipinski definition) is 2. The first kappa shape index (κ1) is 18.8. The van der Waals surface area contributed by atoms with Crippen LogP contribution in [0.25, 0.3) is 0 Å². The summed E-state index contributed by atoms with van der Waals surface area (Å²) in [5, 5.41) is 14.6. The molecule has 2 aromatic carbocycles. The molecular weight excluding hydrogens is 352 g/mol. The molecule has 6 heteroatoms. The van der Waals surface area contributed by atoms with Crippen molar-refractivity contribution >= 4 is 17.5 Å².